The Morgan fingerprint density at radius 3 is 2.05 bits per heavy atom. The summed E-state index contributed by atoms with van der Waals surface area (Å²) in [5, 5.41) is 0. The summed E-state index contributed by atoms with van der Waals surface area (Å²) in [4.78, 5) is 13.9. The molecule has 0 atom stereocenters. The van der Waals surface area contributed by atoms with E-state index in [0.717, 1.165) is 4.31 Å². The highest BCUT2D eigenvalue weighted by atomic mass is 32.2. The zero-order valence-electron chi connectivity index (χ0n) is 12.4. The molecule has 2 rings (SSSR count). The van der Waals surface area contributed by atoms with Gasteiger partial charge in [-0.3, -0.25) is 4.79 Å². The first-order chi connectivity index (χ1) is 10.1. The van der Waals surface area contributed by atoms with Crippen molar-refractivity contribution in [3.05, 3.63) is 29.8 Å². The molecule has 1 saturated heterocycles. The number of sulfonamides is 1. The summed E-state index contributed by atoms with van der Waals surface area (Å²) < 4.78 is 47.7. The van der Waals surface area contributed by atoms with Crippen LogP contribution >= 0.6 is 0 Å². The Morgan fingerprint density at radius 2 is 1.59 bits per heavy atom. The summed E-state index contributed by atoms with van der Waals surface area (Å²) in [7, 11) is -3.71. The molecule has 0 bridgehead atoms. The van der Waals surface area contributed by atoms with E-state index in [2.05, 4.69) is 0 Å². The maximum absolute atomic E-state index is 12.3. The molecule has 1 amide bonds. The molecule has 22 heavy (non-hydrogen) atoms. The number of hydrogen-bond acceptors (Lipinski definition) is 5. The smallest absolute Gasteiger partial charge is 0.253 e. The van der Waals surface area contributed by atoms with Crippen LogP contribution in [0.4, 0.5) is 0 Å². The highest BCUT2D eigenvalue weighted by Crippen LogP contribution is 2.16. The monoisotopic (exact) mass is 346 g/mol. The lowest BCUT2D eigenvalue weighted by molar-refractivity contribution is 0.0770. The van der Waals surface area contributed by atoms with Crippen LogP contribution in [0, 0.1) is 0 Å². The Morgan fingerprint density at radius 1 is 1.09 bits per heavy atom. The summed E-state index contributed by atoms with van der Waals surface area (Å²) in [6, 6.07) is 5.65. The van der Waals surface area contributed by atoms with Crippen molar-refractivity contribution in [3.63, 3.8) is 0 Å². The number of hydrogen-bond donors (Lipinski definition) is 0. The molecule has 9 heteroatoms. The van der Waals surface area contributed by atoms with Crippen LogP contribution in [0.5, 0.6) is 0 Å². The third kappa shape index (κ3) is 3.47. The SMILES string of the molecule is CN(C)S(=O)(=O)c1ccc(C(=O)N2CCS(=O)(=O)CC2)cc1. The summed E-state index contributed by atoms with van der Waals surface area (Å²) in [5.74, 6) is -0.360. The number of rotatable bonds is 3. The third-order valence-electron chi connectivity index (χ3n) is 3.51. The van der Waals surface area contributed by atoms with E-state index in [9.17, 15) is 21.6 Å². The van der Waals surface area contributed by atoms with Crippen molar-refractivity contribution >= 4 is 25.8 Å². The molecule has 1 aromatic rings. The van der Waals surface area contributed by atoms with E-state index in [-0.39, 0.29) is 35.4 Å². The highest BCUT2D eigenvalue weighted by Gasteiger charge is 2.26. The molecule has 0 N–H and O–H groups in total. The lowest BCUT2D eigenvalue weighted by atomic mass is 10.2. The van der Waals surface area contributed by atoms with E-state index in [1.807, 2.05) is 0 Å². The van der Waals surface area contributed by atoms with Gasteiger partial charge in [-0.1, -0.05) is 0 Å². The fraction of sp³-hybridized carbons (Fsp3) is 0.462. The number of carbonyl (C=O) groups excluding carboxylic acids is 1. The summed E-state index contributed by atoms with van der Waals surface area (Å²) >= 11 is 0. The zero-order valence-corrected chi connectivity index (χ0v) is 14.0. The van der Waals surface area contributed by atoms with Crippen LogP contribution in [0.25, 0.3) is 0 Å². The number of amides is 1. The second-order valence-corrected chi connectivity index (χ2v) is 9.71. The van der Waals surface area contributed by atoms with E-state index in [4.69, 9.17) is 0 Å². The summed E-state index contributed by atoms with van der Waals surface area (Å²) in [6.45, 7) is 0.331. The van der Waals surface area contributed by atoms with Gasteiger partial charge in [0.15, 0.2) is 9.84 Å². The molecule has 7 nitrogen and oxygen atoms in total. The fourth-order valence-electron chi connectivity index (χ4n) is 2.08. The molecule has 1 fully saturated rings. The molecule has 122 valence electrons. The van der Waals surface area contributed by atoms with Crippen LogP contribution in [0.2, 0.25) is 0 Å². The Balaban J connectivity index is 2.16. The van der Waals surface area contributed by atoms with Gasteiger partial charge in [0, 0.05) is 32.7 Å². The lowest BCUT2D eigenvalue weighted by Crippen LogP contribution is -2.43. The topological polar surface area (TPSA) is 91.8 Å². The van der Waals surface area contributed by atoms with Crippen molar-refractivity contribution in [1.29, 1.82) is 0 Å². The summed E-state index contributed by atoms with van der Waals surface area (Å²) in [5.41, 5.74) is 0.344. The predicted molar refractivity (Wildman–Crippen MR) is 81.9 cm³/mol. The van der Waals surface area contributed by atoms with E-state index in [1.165, 1.54) is 43.3 Å². The van der Waals surface area contributed by atoms with Gasteiger partial charge in [0.25, 0.3) is 5.91 Å². The van der Waals surface area contributed by atoms with Crippen LogP contribution in [-0.4, -0.2) is 70.6 Å². The second-order valence-electron chi connectivity index (χ2n) is 5.26. The van der Waals surface area contributed by atoms with Crippen molar-refractivity contribution in [2.75, 3.05) is 38.7 Å². The van der Waals surface area contributed by atoms with Gasteiger partial charge in [0.05, 0.1) is 16.4 Å². The molecule has 1 aromatic carbocycles. The molecule has 1 heterocycles. The molecule has 0 aromatic heterocycles. The van der Waals surface area contributed by atoms with Gasteiger partial charge >= 0.3 is 0 Å². The van der Waals surface area contributed by atoms with Crippen LogP contribution in [0.1, 0.15) is 10.4 Å². The minimum atomic E-state index is -3.53. The molecule has 0 unspecified atom stereocenters. The van der Waals surface area contributed by atoms with E-state index < -0.39 is 19.9 Å². The predicted octanol–water partition coefficient (Wildman–Crippen LogP) is -0.192. The van der Waals surface area contributed by atoms with Crippen molar-refractivity contribution in [2.45, 2.75) is 4.90 Å². The normalized spacial score (nSPS) is 18.4. The van der Waals surface area contributed by atoms with E-state index >= 15 is 0 Å². The molecule has 1 aliphatic rings. The Kier molecular flexibility index (Phi) is 4.59. The maximum Gasteiger partial charge on any atom is 0.253 e. The molecule has 1 aliphatic heterocycles. The largest absolute Gasteiger partial charge is 0.337 e. The highest BCUT2D eigenvalue weighted by molar-refractivity contribution is 7.91. The van der Waals surface area contributed by atoms with Crippen LogP contribution < -0.4 is 0 Å². The van der Waals surface area contributed by atoms with Gasteiger partial charge < -0.3 is 4.90 Å². The van der Waals surface area contributed by atoms with Crippen molar-refractivity contribution < 1.29 is 21.6 Å². The molecule has 0 radical (unpaired) electrons. The Bertz CT molecular complexity index is 753. The summed E-state index contributed by atoms with van der Waals surface area (Å²) in [6.07, 6.45) is 0. The first-order valence-electron chi connectivity index (χ1n) is 6.66. The first-order valence-corrected chi connectivity index (χ1v) is 9.92. The molecular formula is C13H18N2O5S2. The molecular weight excluding hydrogens is 328 g/mol. The quantitative estimate of drug-likeness (QED) is 0.756. The van der Waals surface area contributed by atoms with Crippen molar-refractivity contribution in [1.82, 2.24) is 9.21 Å². The molecule has 0 saturated carbocycles. The number of benzene rings is 1. The van der Waals surface area contributed by atoms with E-state index in [0.29, 0.717) is 5.56 Å². The lowest BCUT2D eigenvalue weighted by Gasteiger charge is -2.26. The third-order valence-corrected chi connectivity index (χ3v) is 6.95. The van der Waals surface area contributed by atoms with Crippen molar-refractivity contribution in [2.24, 2.45) is 0 Å². The number of sulfone groups is 1. The first kappa shape index (κ1) is 16.9. The second kappa shape index (κ2) is 5.98. The van der Waals surface area contributed by atoms with Crippen LogP contribution in [-0.2, 0) is 19.9 Å². The minimum Gasteiger partial charge on any atom is -0.337 e. The average Bonchev–Trinajstić information content (AvgIpc) is 2.46. The van der Waals surface area contributed by atoms with Gasteiger partial charge in [-0.15, -0.1) is 0 Å². The Labute approximate surface area is 130 Å². The number of carbonyl (C=O) groups is 1. The van der Waals surface area contributed by atoms with Gasteiger partial charge in [-0.2, -0.15) is 0 Å². The average molecular weight is 346 g/mol. The van der Waals surface area contributed by atoms with Crippen molar-refractivity contribution in [3.8, 4) is 0 Å². The standard InChI is InChI=1S/C13H18N2O5S2/c1-14(2)22(19,20)12-5-3-11(4-6-12)13(16)15-7-9-21(17,18)10-8-15/h3-6H,7-10H2,1-2H3. The van der Waals surface area contributed by atoms with Gasteiger partial charge in [0.1, 0.15) is 0 Å². The minimum absolute atomic E-state index is 0.0359. The molecule has 0 spiro atoms. The van der Waals surface area contributed by atoms with Gasteiger partial charge in [-0.25, -0.2) is 21.1 Å². The zero-order chi connectivity index (χ0) is 16.5. The van der Waals surface area contributed by atoms with Crippen LogP contribution in [0.3, 0.4) is 0 Å². The molecule has 0 aliphatic carbocycles. The van der Waals surface area contributed by atoms with Gasteiger partial charge in [-0.05, 0) is 24.3 Å². The van der Waals surface area contributed by atoms with E-state index in [1.54, 1.807) is 0 Å². The van der Waals surface area contributed by atoms with Crippen LogP contribution in [0.15, 0.2) is 29.2 Å². The maximum atomic E-state index is 12.3. The number of nitrogens with zero attached hydrogens (tertiary/aromatic N) is 2. The van der Waals surface area contributed by atoms with Gasteiger partial charge in [0.2, 0.25) is 10.0 Å². The Hall–Kier alpha value is -1.45. The fourth-order valence-corrected chi connectivity index (χ4v) is 4.18.